The van der Waals surface area contributed by atoms with Crippen molar-refractivity contribution in [2.45, 2.75) is 25.7 Å². The molecule has 1 heterocycles. The number of likely N-dealkylation sites (tertiary alicyclic amines) is 1. The number of anilines is 1. The van der Waals surface area contributed by atoms with Crippen molar-refractivity contribution >= 4 is 23.3 Å². The zero-order chi connectivity index (χ0) is 19.8. The van der Waals surface area contributed by atoms with Crippen LogP contribution in [-0.4, -0.2) is 37.1 Å². The van der Waals surface area contributed by atoms with Crippen molar-refractivity contribution in [2.75, 3.05) is 31.5 Å². The lowest BCUT2D eigenvalue weighted by molar-refractivity contribution is 0.182. The average Bonchev–Trinajstić information content (AvgIpc) is 2.70. The van der Waals surface area contributed by atoms with Gasteiger partial charge in [-0.1, -0.05) is 35.9 Å². The van der Waals surface area contributed by atoms with Crippen molar-refractivity contribution in [3.8, 4) is 0 Å². The third-order valence-corrected chi connectivity index (χ3v) is 5.53. The fraction of sp³-hybridized carbons (Fsp3) is 0.409. The fourth-order valence-electron chi connectivity index (χ4n) is 3.60. The Hall–Kier alpha value is -2.11. The van der Waals surface area contributed by atoms with E-state index in [-0.39, 0.29) is 11.8 Å². The summed E-state index contributed by atoms with van der Waals surface area (Å²) < 4.78 is 13.0. The number of hydrogen-bond acceptors (Lipinski definition) is 2. The van der Waals surface area contributed by atoms with Crippen LogP contribution in [0.25, 0.3) is 0 Å². The summed E-state index contributed by atoms with van der Waals surface area (Å²) >= 11 is 6.04. The maximum Gasteiger partial charge on any atom is 0.319 e. The highest BCUT2D eigenvalue weighted by Gasteiger charge is 2.19. The first kappa shape index (κ1) is 20.6. The van der Waals surface area contributed by atoms with Crippen molar-refractivity contribution in [2.24, 2.45) is 5.92 Å². The molecule has 1 aliphatic rings. The van der Waals surface area contributed by atoms with Gasteiger partial charge >= 0.3 is 6.03 Å². The molecule has 0 spiro atoms. The molecular formula is C22H27ClFN3O. The molecule has 28 heavy (non-hydrogen) atoms. The molecule has 150 valence electrons. The van der Waals surface area contributed by atoms with Crippen molar-refractivity contribution in [3.05, 3.63) is 64.9 Å². The highest BCUT2D eigenvalue weighted by molar-refractivity contribution is 6.33. The summed E-state index contributed by atoms with van der Waals surface area (Å²) in [6, 6.07) is 13.8. The summed E-state index contributed by atoms with van der Waals surface area (Å²) in [6.07, 6.45) is 4.27. The van der Waals surface area contributed by atoms with Crippen LogP contribution in [0.15, 0.2) is 48.5 Å². The second-order valence-electron chi connectivity index (χ2n) is 7.33. The summed E-state index contributed by atoms with van der Waals surface area (Å²) in [6.45, 7) is 3.77. The number of benzene rings is 2. The highest BCUT2D eigenvalue weighted by Crippen LogP contribution is 2.22. The lowest BCUT2D eigenvalue weighted by Crippen LogP contribution is -2.37. The molecular weight excluding hydrogens is 377 g/mol. The van der Waals surface area contributed by atoms with Crippen LogP contribution in [0.5, 0.6) is 0 Å². The Morgan fingerprint density at radius 1 is 1.11 bits per heavy atom. The van der Waals surface area contributed by atoms with Crippen LogP contribution in [-0.2, 0) is 6.42 Å². The van der Waals surface area contributed by atoms with Gasteiger partial charge in [-0.05, 0) is 81.1 Å². The number of carbonyl (C=O) groups excluding carboxylic acids is 1. The molecule has 6 heteroatoms. The predicted octanol–water partition coefficient (Wildman–Crippen LogP) is 4.95. The number of hydrogen-bond donors (Lipinski definition) is 2. The number of carbonyl (C=O) groups is 1. The quantitative estimate of drug-likeness (QED) is 0.643. The SMILES string of the molecule is O=C(NCCCN1CCC(Cc2ccc(F)cc2)CC1)Nc1ccccc1Cl. The van der Waals surface area contributed by atoms with Gasteiger partial charge in [0.1, 0.15) is 5.82 Å². The molecule has 0 aromatic heterocycles. The number of nitrogens with one attached hydrogen (secondary N) is 2. The first-order valence-electron chi connectivity index (χ1n) is 9.86. The zero-order valence-corrected chi connectivity index (χ0v) is 16.7. The Balaban J connectivity index is 1.29. The van der Waals surface area contributed by atoms with E-state index in [2.05, 4.69) is 15.5 Å². The third-order valence-electron chi connectivity index (χ3n) is 5.20. The molecule has 2 aromatic rings. The van der Waals surface area contributed by atoms with E-state index in [9.17, 15) is 9.18 Å². The number of para-hydroxylation sites is 1. The second-order valence-corrected chi connectivity index (χ2v) is 7.74. The summed E-state index contributed by atoms with van der Waals surface area (Å²) in [5.74, 6) is 0.494. The normalized spacial score (nSPS) is 15.4. The monoisotopic (exact) mass is 403 g/mol. The van der Waals surface area contributed by atoms with E-state index in [4.69, 9.17) is 11.6 Å². The Morgan fingerprint density at radius 2 is 1.82 bits per heavy atom. The summed E-state index contributed by atoms with van der Waals surface area (Å²) in [5.41, 5.74) is 1.83. The van der Waals surface area contributed by atoms with Gasteiger partial charge in [-0.3, -0.25) is 0 Å². The largest absolute Gasteiger partial charge is 0.338 e. The van der Waals surface area contributed by atoms with Gasteiger partial charge in [0.15, 0.2) is 0 Å². The lowest BCUT2D eigenvalue weighted by atomic mass is 9.90. The molecule has 2 N–H and O–H groups in total. The zero-order valence-electron chi connectivity index (χ0n) is 16.0. The molecule has 0 aliphatic carbocycles. The molecule has 2 amide bonds. The standard InChI is InChI=1S/C22H27ClFN3O/c23-20-4-1-2-5-21(20)26-22(28)25-12-3-13-27-14-10-18(11-15-27)16-17-6-8-19(24)9-7-17/h1-2,4-9,18H,3,10-16H2,(H2,25,26,28). The molecule has 4 nitrogen and oxygen atoms in total. The average molecular weight is 404 g/mol. The molecule has 0 saturated carbocycles. The Kier molecular flexibility index (Phi) is 7.69. The van der Waals surface area contributed by atoms with Gasteiger partial charge in [-0.2, -0.15) is 0 Å². The maximum atomic E-state index is 13.0. The van der Waals surface area contributed by atoms with E-state index in [1.807, 2.05) is 24.3 Å². The first-order chi connectivity index (χ1) is 13.6. The van der Waals surface area contributed by atoms with Crippen molar-refractivity contribution in [1.82, 2.24) is 10.2 Å². The number of halogens is 2. The van der Waals surface area contributed by atoms with Crippen LogP contribution in [0.2, 0.25) is 5.02 Å². The lowest BCUT2D eigenvalue weighted by Gasteiger charge is -2.32. The third kappa shape index (κ3) is 6.50. The summed E-state index contributed by atoms with van der Waals surface area (Å²) in [7, 11) is 0. The molecule has 1 fully saturated rings. The van der Waals surface area contributed by atoms with E-state index in [0.29, 0.717) is 23.2 Å². The van der Waals surface area contributed by atoms with Crippen LogP contribution in [0.3, 0.4) is 0 Å². The van der Waals surface area contributed by atoms with Crippen molar-refractivity contribution < 1.29 is 9.18 Å². The van der Waals surface area contributed by atoms with Gasteiger partial charge < -0.3 is 15.5 Å². The minimum atomic E-state index is -0.230. The van der Waals surface area contributed by atoms with Crippen molar-refractivity contribution in [1.29, 1.82) is 0 Å². The molecule has 1 aliphatic heterocycles. The summed E-state index contributed by atoms with van der Waals surface area (Å²) in [4.78, 5) is 14.4. The fourth-order valence-corrected chi connectivity index (χ4v) is 3.78. The van der Waals surface area contributed by atoms with Crippen LogP contribution >= 0.6 is 11.6 Å². The van der Waals surface area contributed by atoms with Gasteiger partial charge in [0.2, 0.25) is 0 Å². The molecule has 0 radical (unpaired) electrons. The molecule has 2 aromatic carbocycles. The molecule has 0 unspecified atom stereocenters. The Bertz CT molecular complexity index is 761. The van der Waals surface area contributed by atoms with Crippen LogP contribution in [0, 0.1) is 11.7 Å². The van der Waals surface area contributed by atoms with Gasteiger partial charge in [-0.15, -0.1) is 0 Å². The van der Waals surface area contributed by atoms with Gasteiger partial charge in [0, 0.05) is 6.54 Å². The van der Waals surface area contributed by atoms with Crippen LogP contribution < -0.4 is 10.6 Å². The molecule has 3 rings (SSSR count). The molecule has 0 bridgehead atoms. The Morgan fingerprint density at radius 3 is 2.54 bits per heavy atom. The van der Waals surface area contributed by atoms with E-state index in [1.165, 1.54) is 5.56 Å². The van der Waals surface area contributed by atoms with Gasteiger partial charge in [0.25, 0.3) is 0 Å². The van der Waals surface area contributed by atoms with Gasteiger partial charge in [-0.25, -0.2) is 9.18 Å². The maximum absolute atomic E-state index is 13.0. The smallest absolute Gasteiger partial charge is 0.319 e. The Labute approximate surface area is 171 Å². The minimum absolute atomic E-state index is 0.173. The number of piperidine rings is 1. The van der Waals surface area contributed by atoms with E-state index >= 15 is 0 Å². The van der Waals surface area contributed by atoms with E-state index in [0.717, 1.165) is 45.3 Å². The van der Waals surface area contributed by atoms with Crippen LogP contribution in [0.4, 0.5) is 14.9 Å². The minimum Gasteiger partial charge on any atom is -0.338 e. The predicted molar refractivity (Wildman–Crippen MR) is 112 cm³/mol. The van der Waals surface area contributed by atoms with Gasteiger partial charge in [0.05, 0.1) is 10.7 Å². The van der Waals surface area contributed by atoms with Crippen molar-refractivity contribution in [3.63, 3.8) is 0 Å². The topological polar surface area (TPSA) is 44.4 Å². The molecule has 1 saturated heterocycles. The van der Waals surface area contributed by atoms with E-state index in [1.54, 1.807) is 24.3 Å². The summed E-state index contributed by atoms with van der Waals surface area (Å²) in [5, 5.41) is 6.17. The highest BCUT2D eigenvalue weighted by atomic mass is 35.5. The number of amides is 2. The van der Waals surface area contributed by atoms with Crippen LogP contribution in [0.1, 0.15) is 24.8 Å². The number of urea groups is 1. The molecule has 0 atom stereocenters. The number of nitrogens with zero attached hydrogens (tertiary/aromatic N) is 1. The van der Waals surface area contributed by atoms with E-state index < -0.39 is 0 Å². The first-order valence-corrected chi connectivity index (χ1v) is 10.2. The second kappa shape index (κ2) is 10.4. The number of rotatable bonds is 7.